The lowest BCUT2D eigenvalue weighted by atomic mass is 10.1. The second kappa shape index (κ2) is 6.26. The van der Waals surface area contributed by atoms with Crippen LogP contribution in [0.25, 0.3) is 11.0 Å². The van der Waals surface area contributed by atoms with Crippen LogP contribution in [0, 0.1) is 13.8 Å². The Morgan fingerprint density at radius 3 is 2.48 bits per heavy atom. The molecule has 5 heteroatoms. The van der Waals surface area contributed by atoms with Crippen molar-refractivity contribution in [2.24, 2.45) is 0 Å². The van der Waals surface area contributed by atoms with E-state index >= 15 is 0 Å². The minimum atomic E-state index is -0.371. The van der Waals surface area contributed by atoms with Gasteiger partial charge in [0.15, 0.2) is 0 Å². The molecule has 23 heavy (non-hydrogen) atoms. The summed E-state index contributed by atoms with van der Waals surface area (Å²) < 4.78 is 11.2. The molecule has 0 atom stereocenters. The highest BCUT2D eigenvalue weighted by Gasteiger charge is 2.12. The fourth-order valence-corrected chi connectivity index (χ4v) is 2.98. The van der Waals surface area contributed by atoms with E-state index in [0.717, 1.165) is 22.1 Å². The van der Waals surface area contributed by atoms with Crippen molar-refractivity contribution in [1.29, 1.82) is 0 Å². The van der Waals surface area contributed by atoms with Gasteiger partial charge in [0, 0.05) is 32.6 Å². The van der Waals surface area contributed by atoms with Crippen LogP contribution in [0.1, 0.15) is 16.7 Å². The van der Waals surface area contributed by atoms with E-state index in [0.29, 0.717) is 21.4 Å². The van der Waals surface area contributed by atoms with Gasteiger partial charge in [-0.25, -0.2) is 4.79 Å². The highest BCUT2D eigenvalue weighted by atomic mass is 35.5. The summed E-state index contributed by atoms with van der Waals surface area (Å²) in [7, 11) is 0. The highest BCUT2D eigenvalue weighted by Crippen LogP contribution is 2.30. The van der Waals surface area contributed by atoms with Gasteiger partial charge in [-0.15, -0.1) is 0 Å². The third-order valence-electron chi connectivity index (χ3n) is 3.75. The Labute approximate surface area is 143 Å². The van der Waals surface area contributed by atoms with Crippen LogP contribution in [0.5, 0.6) is 5.75 Å². The SMILES string of the molecule is Cc1cc(=O)oc2c(C)c(OCc3c(Cl)cccc3Cl)ccc12. The summed E-state index contributed by atoms with van der Waals surface area (Å²) in [5.41, 5.74) is 2.54. The summed E-state index contributed by atoms with van der Waals surface area (Å²) in [4.78, 5) is 11.6. The van der Waals surface area contributed by atoms with Crippen molar-refractivity contribution >= 4 is 34.2 Å². The van der Waals surface area contributed by atoms with E-state index in [4.69, 9.17) is 32.4 Å². The van der Waals surface area contributed by atoms with Gasteiger partial charge in [-0.1, -0.05) is 29.3 Å². The summed E-state index contributed by atoms with van der Waals surface area (Å²) in [6.07, 6.45) is 0. The lowest BCUT2D eigenvalue weighted by molar-refractivity contribution is 0.304. The van der Waals surface area contributed by atoms with Crippen LogP contribution >= 0.6 is 23.2 Å². The lowest BCUT2D eigenvalue weighted by Gasteiger charge is -2.13. The van der Waals surface area contributed by atoms with E-state index in [-0.39, 0.29) is 12.2 Å². The Morgan fingerprint density at radius 1 is 1.09 bits per heavy atom. The van der Waals surface area contributed by atoms with Crippen LogP contribution in [0.2, 0.25) is 10.0 Å². The van der Waals surface area contributed by atoms with Crippen LogP contribution in [0.4, 0.5) is 0 Å². The Morgan fingerprint density at radius 2 is 1.78 bits per heavy atom. The first-order chi connectivity index (χ1) is 11.0. The second-order valence-electron chi connectivity index (χ2n) is 5.30. The normalized spacial score (nSPS) is 11.0. The maximum atomic E-state index is 11.6. The Kier molecular flexibility index (Phi) is 4.33. The van der Waals surface area contributed by atoms with Gasteiger partial charge in [0.1, 0.15) is 17.9 Å². The molecule has 0 aliphatic heterocycles. The number of benzene rings is 2. The number of rotatable bonds is 3. The Hall–Kier alpha value is -1.97. The second-order valence-corrected chi connectivity index (χ2v) is 6.12. The predicted molar refractivity (Wildman–Crippen MR) is 92.8 cm³/mol. The number of hydrogen-bond donors (Lipinski definition) is 0. The molecule has 0 bridgehead atoms. The number of hydrogen-bond acceptors (Lipinski definition) is 3. The van der Waals surface area contributed by atoms with Gasteiger partial charge in [-0.3, -0.25) is 0 Å². The minimum Gasteiger partial charge on any atom is -0.488 e. The monoisotopic (exact) mass is 348 g/mol. The molecule has 1 aromatic heterocycles. The van der Waals surface area contributed by atoms with E-state index in [1.54, 1.807) is 18.2 Å². The summed E-state index contributed by atoms with van der Waals surface area (Å²) in [5, 5.41) is 2.00. The molecule has 0 saturated carbocycles. The molecule has 0 amide bonds. The molecule has 0 aliphatic rings. The standard InChI is InChI=1S/C18H14Cl2O3/c1-10-8-17(21)23-18-11(2)16(7-6-12(10)18)22-9-13-14(19)4-3-5-15(13)20/h3-8H,9H2,1-2H3. The first kappa shape index (κ1) is 15.9. The predicted octanol–water partition coefficient (Wildman–Crippen LogP) is 5.30. The molecular weight excluding hydrogens is 335 g/mol. The van der Waals surface area contributed by atoms with Crippen molar-refractivity contribution in [2.75, 3.05) is 0 Å². The molecule has 0 spiro atoms. The zero-order valence-corrected chi connectivity index (χ0v) is 14.2. The van der Waals surface area contributed by atoms with Crippen LogP contribution < -0.4 is 10.4 Å². The fourth-order valence-electron chi connectivity index (χ4n) is 2.48. The maximum Gasteiger partial charge on any atom is 0.336 e. The van der Waals surface area contributed by atoms with E-state index in [9.17, 15) is 4.79 Å². The molecule has 0 fully saturated rings. The molecule has 3 aromatic rings. The fraction of sp³-hybridized carbons (Fsp3) is 0.167. The van der Waals surface area contributed by atoms with Crippen LogP contribution in [-0.4, -0.2) is 0 Å². The number of fused-ring (bicyclic) bond motifs is 1. The molecule has 0 saturated heterocycles. The first-order valence-electron chi connectivity index (χ1n) is 7.07. The van der Waals surface area contributed by atoms with Crippen molar-refractivity contribution in [3.63, 3.8) is 0 Å². The van der Waals surface area contributed by atoms with Gasteiger partial charge in [-0.05, 0) is 43.7 Å². The van der Waals surface area contributed by atoms with Gasteiger partial charge >= 0.3 is 5.63 Å². The molecule has 1 heterocycles. The average Bonchev–Trinajstić information content (AvgIpc) is 2.49. The zero-order valence-electron chi connectivity index (χ0n) is 12.7. The molecule has 118 valence electrons. The van der Waals surface area contributed by atoms with Gasteiger partial charge in [0.05, 0.1) is 0 Å². The van der Waals surface area contributed by atoms with E-state index in [1.165, 1.54) is 6.07 Å². The highest BCUT2D eigenvalue weighted by molar-refractivity contribution is 6.35. The Balaban J connectivity index is 1.98. The van der Waals surface area contributed by atoms with Crippen molar-refractivity contribution in [1.82, 2.24) is 0 Å². The van der Waals surface area contributed by atoms with Crippen LogP contribution in [-0.2, 0) is 6.61 Å². The first-order valence-corrected chi connectivity index (χ1v) is 7.82. The summed E-state index contributed by atoms with van der Waals surface area (Å²) in [6, 6.07) is 10.5. The maximum absolute atomic E-state index is 11.6. The van der Waals surface area contributed by atoms with Crippen molar-refractivity contribution in [2.45, 2.75) is 20.5 Å². The molecule has 3 nitrogen and oxygen atoms in total. The largest absolute Gasteiger partial charge is 0.488 e. The van der Waals surface area contributed by atoms with Gasteiger partial charge in [0.2, 0.25) is 0 Å². The van der Waals surface area contributed by atoms with E-state index in [1.807, 2.05) is 26.0 Å². The van der Waals surface area contributed by atoms with Crippen LogP contribution in [0.3, 0.4) is 0 Å². The van der Waals surface area contributed by atoms with Crippen molar-refractivity contribution < 1.29 is 9.15 Å². The average molecular weight is 349 g/mol. The van der Waals surface area contributed by atoms with Gasteiger partial charge in [0.25, 0.3) is 0 Å². The molecule has 2 aromatic carbocycles. The summed E-state index contributed by atoms with van der Waals surface area (Å²) in [6.45, 7) is 3.97. The summed E-state index contributed by atoms with van der Waals surface area (Å²) >= 11 is 12.3. The molecular formula is C18H14Cl2O3. The number of aryl methyl sites for hydroxylation is 2. The summed E-state index contributed by atoms with van der Waals surface area (Å²) in [5.74, 6) is 0.627. The van der Waals surface area contributed by atoms with Crippen molar-refractivity contribution in [3.05, 3.63) is 73.6 Å². The molecule has 0 N–H and O–H groups in total. The number of ether oxygens (including phenoxy) is 1. The molecule has 0 aliphatic carbocycles. The smallest absolute Gasteiger partial charge is 0.336 e. The van der Waals surface area contributed by atoms with Gasteiger partial charge in [-0.2, -0.15) is 0 Å². The van der Waals surface area contributed by atoms with Crippen LogP contribution in [0.15, 0.2) is 45.6 Å². The van der Waals surface area contributed by atoms with E-state index < -0.39 is 0 Å². The zero-order chi connectivity index (χ0) is 16.6. The molecule has 0 unspecified atom stereocenters. The number of halogens is 2. The molecule has 3 rings (SSSR count). The van der Waals surface area contributed by atoms with E-state index in [2.05, 4.69) is 0 Å². The Bertz CT molecular complexity index is 925. The minimum absolute atomic E-state index is 0.237. The quantitative estimate of drug-likeness (QED) is 0.603. The lowest BCUT2D eigenvalue weighted by Crippen LogP contribution is -2.02. The third kappa shape index (κ3) is 3.07. The van der Waals surface area contributed by atoms with Crippen molar-refractivity contribution in [3.8, 4) is 5.75 Å². The molecule has 0 radical (unpaired) electrons. The third-order valence-corrected chi connectivity index (χ3v) is 4.46. The van der Waals surface area contributed by atoms with Gasteiger partial charge < -0.3 is 9.15 Å². The topological polar surface area (TPSA) is 39.4 Å².